The van der Waals surface area contributed by atoms with Gasteiger partial charge in [0.25, 0.3) is 0 Å². The van der Waals surface area contributed by atoms with Crippen LogP contribution in [0.25, 0.3) is 0 Å². The van der Waals surface area contributed by atoms with Crippen molar-refractivity contribution < 1.29 is 9.84 Å². The monoisotopic (exact) mass is 222 g/mol. The first-order valence-electron chi connectivity index (χ1n) is 6.07. The molecule has 0 aromatic heterocycles. The molecule has 1 aromatic rings. The van der Waals surface area contributed by atoms with E-state index in [4.69, 9.17) is 4.74 Å². The second-order valence-corrected chi connectivity index (χ2v) is 4.52. The Hall–Kier alpha value is -1.18. The normalized spacial score (nSPS) is 14.4. The van der Waals surface area contributed by atoms with Gasteiger partial charge in [-0.1, -0.05) is 26.3 Å². The number of rotatable bonds is 6. The summed E-state index contributed by atoms with van der Waals surface area (Å²) >= 11 is 0. The summed E-state index contributed by atoms with van der Waals surface area (Å²) in [6.07, 6.45) is 3.68. The van der Waals surface area contributed by atoms with Gasteiger partial charge in [0.2, 0.25) is 0 Å². The van der Waals surface area contributed by atoms with Crippen LogP contribution < -0.4 is 4.74 Å². The lowest BCUT2D eigenvalue weighted by atomic mass is 10.0. The highest BCUT2D eigenvalue weighted by molar-refractivity contribution is 5.31. The molecule has 0 amide bonds. The SMILES string of the molecule is CCC(C)CCC(C)Oc1cccc(O)c1. The molecular weight excluding hydrogens is 200 g/mol. The second-order valence-electron chi connectivity index (χ2n) is 4.52. The molecule has 16 heavy (non-hydrogen) atoms. The van der Waals surface area contributed by atoms with Crippen molar-refractivity contribution in [2.45, 2.75) is 46.1 Å². The number of ether oxygens (including phenoxy) is 1. The van der Waals surface area contributed by atoms with Crippen LogP contribution in [0.5, 0.6) is 11.5 Å². The zero-order chi connectivity index (χ0) is 12.0. The molecule has 0 saturated carbocycles. The molecule has 0 radical (unpaired) electrons. The predicted octanol–water partition coefficient (Wildman–Crippen LogP) is 3.99. The lowest BCUT2D eigenvalue weighted by Crippen LogP contribution is -2.13. The second kappa shape index (κ2) is 6.41. The zero-order valence-corrected chi connectivity index (χ0v) is 10.4. The molecule has 2 atom stereocenters. The molecule has 0 fully saturated rings. The molecule has 0 spiro atoms. The van der Waals surface area contributed by atoms with Gasteiger partial charge in [0.15, 0.2) is 0 Å². The third kappa shape index (κ3) is 4.56. The molecule has 0 bridgehead atoms. The van der Waals surface area contributed by atoms with E-state index in [0.29, 0.717) is 0 Å². The topological polar surface area (TPSA) is 29.5 Å². The quantitative estimate of drug-likeness (QED) is 0.788. The molecule has 90 valence electrons. The van der Waals surface area contributed by atoms with Crippen molar-refractivity contribution in [2.75, 3.05) is 0 Å². The highest BCUT2D eigenvalue weighted by Gasteiger charge is 2.07. The maximum Gasteiger partial charge on any atom is 0.123 e. The Balaban J connectivity index is 2.36. The molecule has 2 nitrogen and oxygen atoms in total. The van der Waals surface area contributed by atoms with E-state index >= 15 is 0 Å². The molecule has 2 heteroatoms. The maximum atomic E-state index is 9.30. The summed E-state index contributed by atoms with van der Waals surface area (Å²) in [6, 6.07) is 6.97. The first-order chi connectivity index (χ1) is 7.61. The smallest absolute Gasteiger partial charge is 0.123 e. The number of benzene rings is 1. The lowest BCUT2D eigenvalue weighted by Gasteiger charge is -2.16. The summed E-state index contributed by atoms with van der Waals surface area (Å²) in [5, 5.41) is 9.30. The number of aromatic hydroxyl groups is 1. The Morgan fingerprint density at radius 1 is 1.25 bits per heavy atom. The van der Waals surface area contributed by atoms with Crippen LogP contribution in [-0.4, -0.2) is 11.2 Å². The van der Waals surface area contributed by atoms with Crippen molar-refractivity contribution in [2.24, 2.45) is 5.92 Å². The van der Waals surface area contributed by atoms with Crippen molar-refractivity contribution in [3.8, 4) is 11.5 Å². The van der Waals surface area contributed by atoms with E-state index in [-0.39, 0.29) is 11.9 Å². The molecule has 0 saturated heterocycles. The van der Waals surface area contributed by atoms with E-state index in [9.17, 15) is 5.11 Å². The van der Waals surface area contributed by atoms with Crippen molar-refractivity contribution in [3.63, 3.8) is 0 Å². The van der Waals surface area contributed by atoms with Crippen LogP contribution in [0.1, 0.15) is 40.0 Å². The minimum Gasteiger partial charge on any atom is -0.508 e. The van der Waals surface area contributed by atoms with Gasteiger partial charge in [-0.25, -0.2) is 0 Å². The number of phenolic OH excluding ortho intramolecular Hbond substituents is 1. The molecule has 1 rings (SSSR count). The zero-order valence-electron chi connectivity index (χ0n) is 10.4. The van der Waals surface area contributed by atoms with Crippen molar-refractivity contribution in [1.29, 1.82) is 0 Å². The summed E-state index contributed by atoms with van der Waals surface area (Å²) in [5.41, 5.74) is 0. The van der Waals surface area contributed by atoms with E-state index in [2.05, 4.69) is 20.8 Å². The highest BCUT2D eigenvalue weighted by atomic mass is 16.5. The minimum absolute atomic E-state index is 0.204. The Morgan fingerprint density at radius 3 is 2.62 bits per heavy atom. The van der Waals surface area contributed by atoms with E-state index in [0.717, 1.165) is 18.1 Å². The van der Waals surface area contributed by atoms with Gasteiger partial charge in [0, 0.05) is 6.07 Å². The summed E-state index contributed by atoms with van der Waals surface area (Å²) in [5.74, 6) is 1.76. The predicted molar refractivity (Wildman–Crippen MR) is 66.9 cm³/mol. The maximum absolute atomic E-state index is 9.30. The van der Waals surface area contributed by atoms with Gasteiger partial charge in [-0.15, -0.1) is 0 Å². The average Bonchev–Trinajstić information content (AvgIpc) is 2.26. The largest absolute Gasteiger partial charge is 0.508 e. The van der Waals surface area contributed by atoms with Gasteiger partial charge in [-0.2, -0.15) is 0 Å². The Bertz CT molecular complexity index is 309. The van der Waals surface area contributed by atoms with Gasteiger partial charge in [0.05, 0.1) is 6.10 Å². The molecule has 1 aromatic carbocycles. The molecular formula is C14H22O2. The van der Waals surface area contributed by atoms with Crippen molar-refractivity contribution >= 4 is 0 Å². The average molecular weight is 222 g/mol. The standard InChI is InChI=1S/C14H22O2/c1-4-11(2)8-9-12(3)16-14-7-5-6-13(15)10-14/h5-7,10-12,15H,4,8-9H2,1-3H3. The van der Waals surface area contributed by atoms with Crippen LogP contribution in [0.3, 0.4) is 0 Å². The van der Waals surface area contributed by atoms with Crippen LogP contribution >= 0.6 is 0 Å². The Labute approximate surface area is 98.3 Å². The minimum atomic E-state index is 0.204. The van der Waals surface area contributed by atoms with Crippen molar-refractivity contribution in [3.05, 3.63) is 24.3 Å². The van der Waals surface area contributed by atoms with Crippen LogP contribution in [0.15, 0.2) is 24.3 Å². The molecule has 0 heterocycles. The van der Waals surface area contributed by atoms with Crippen molar-refractivity contribution in [1.82, 2.24) is 0 Å². The molecule has 2 unspecified atom stereocenters. The van der Waals surface area contributed by atoms with E-state index < -0.39 is 0 Å². The van der Waals surface area contributed by atoms with Gasteiger partial charge in [-0.3, -0.25) is 0 Å². The number of phenols is 1. The highest BCUT2D eigenvalue weighted by Crippen LogP contribution is 2.21. The Morgan fingerprint density at radius 2 is 2.00 bits per heavy atom. The van der Waals surface area contributed by atoms with E-state index in [1.54, 1.807) is 18.2 Å². The Kier molecular flexibility index (Phi) is 5.17. The number of hydrogen-bond acceptors (Lipinski definition) is 2. The summed E-state index contributed by atoms with van der Waals surface area (Å²) in [4.78, 5) is 0. The molecule has 0 aliphatic carbocycles. The van der Waals surface area contributed by atoms with Crippen LogP contribution in [0.4, 0.5) is 0 Å². The summed E-state index contributed by atoms with van der Waals surface area (Å²) < 4.78 is 5.73. The first-order valence-corrected chi connectivity index (χ1v) is 6.07. The van der Waals surface area contributed by atoms with Gasteiger partial charge < -0.3 is 9.84 Å². The van der Waals surface area contributed by atoms with Gasteiger partial charge >= 0.3 is 0 Å². The molecule has 1 N–H and O–H groups in total. The van der Waals surface area contributed by atoms with E-state index in [1.807, 2.05) is 6.07 Å². The molecule has 0 aliphatic rings. The third-order valence-electron chi connectivity index (χ3n) is 2.92. The lowest BCUT2D eigenvalue weighted by molar-refractivity contribution is 0.199. The van der Waals surface area contributed by atoms with E-state index in [1.165, 1.54) is 12.8 Å². The van der Waals surface area contributed by atoms with Crippen LogP contribution in [0, 0.1) is 5.92 Å². The third-order valence-corrected chi connectivity index (χ3v) is 2.92. The first kappa shape index (κ1) is 12.9. The fraction of sp³-hybridized carbons (Fsp3) is 0.571. The fourth-order valence-electron chi connectivity index (χ4n) is 1.57. The summed E-state index contributed by atoms with van der Waals surface area (Å²) in [6.45, 7) is 6.55. The van der Waals surface area contributed by atoms with Crippen LogP contribution in [0.2, 0.25) is 0 Å². The summed E-state index contributed by atoms with van der Waals surface area (Å²) in [7, 11) is 0. The van der Waals surface area contributed by atoms with Gasteiger partial charge in [-0.05, 0) is 37.8 Å². The fourth-order valence-corrected chi connectivity index (χ4v) is 1.57. The van der Waals surface area contributed by atoms with Crippen LogP contribution in [-0.2, 0) is 0 Å². The number of hydrogen-bond donors (Lipinski definition) is 1. The molecule has 0 aliphatic heterocycles. The van der Waals surface area contributed by atoms with Gasteiger partial charge in [0.1, 0.15) is 11.5 Å².